The zero-order valence-electron chi connectivity index (χ0n) is 17.6. The molecule has 150 valence electrons. The van der Waals surface area contributed by atoms with Crippen LogP contribution >= 0.6 is 0 Å². The predicted octanol–water partition coefficient (Wildman–Crippen LogP) is 4.05. The lowest BCUT2D eigenvalue weighted by Gasteiger charge is -2.33. The van der Waals surface area contributed by atoms with Crippen molar-refractivity contribution in [2.45, 2.75) is 52.1 Å². The van der Waals surface area contributed by atoms with Crippen LogP contribution in [0.2, 0.25) is 0 Å². The number of aromatic nitrogens is 4. The maximum Gasteiger partial charge on any atom is 0.216 e. The Balaban J connectivity index is 1.62. The van der Waals surface area contributed by atoms with E-state index < -0.39 is 0 Å². The van der Waals surface area contributed by atoms with Gasteiger partial charge in [0.25, 0.3) is 0 Å². The number of fused-ring (bicyclic) bond motifs is 1. The van der Waals surface area contributed by atoms with Crippen LogP contribution in [0.4, 0.5) is 0 Å². The summed E-state index contributed by atoms with van der Waals surface area (Å²) in [5.74, 6) is 2.55. The topological polar surface area (TPSA) is 48.1 Å². The molecule has 28 heavy (non-hydrogen) atoms. The Morgan fingerprint density at radius 2 is 2.04 bits per heavy atom. The highest BCUT2D eigenvalue weighted by Crippen LogP contribution is 2.33. The molecule has 0 N–H and O–H groups in total. The number of imidazole rings is 1. The molecule has 0 spiro atoms. The molecule has 3 heterocycles. The number of piperidine rings is 1. The molecular formula is C22H31N5O. The van der Waals surface area contributed by atoms with Gasteiger partial charge in [-0.15, -0.1) is 0 Å². The third-order valence-electron chi connectivity index (χ3n) is 5.87. The van der Waals surface area contributed by atoms with Crippen molar-refractivity contribution >= 4 is 11.0 Å². The second kappa shape index (κ2) is 7.59. The van der Waals surface area contributed by atoms with E-state index in [4.69, 9.17) is 9.72 Å². The lowest BCUT2D eigenvalue weighted by Crippen LogP contribution is -2.35. The highest BCUT2D eigenvalue weighted by Gasteiger charge is 2.28. The van der Waals surface area contributed by atoms with Crippen molar-refractivity contribution < 1.29 is 4.74 Å². The Labute approximate surface area is 167 Å². The third-order valence-corrected chi connectivity index (χ3v) is 5.87. The van der Waals surface area contributed by atoms with E-state index in [1.807, 2.05) is 11.7 Å². The van der Waals surface area contributed by atoms with Crippen molar-refractivity contribution in [1.82, 2.24) is 24.2 Å². The van der Waals surface area contributed by atoms with E-state index in [0.29, 0.717) is 12.0 Å². The number of likely N-dealkylation sites (tertiary alicyclic amines) is 1. The zero-order chi connectivity index (χ0) is 19.8. The molecule has 0 radical (unpaired) electrons. The van der Waals surface area contributed by atoms with Gasteiger partial charge in [0, 0.05) is 32.1 Å². The van der Waals surface area contributed by atoms with Crippen LogP contribution in [0, 0.1) is 6.92 Å². The number of nitrogens with zero attached hydrogens (tertiary/aromatic N) is 5. The number of aryl methyl sites for hydroxylation is 2. The Hall–Kier alpha value is -2.34. The van der Waals surface area contributed by atoms with Crippen LogP contribution in [-0.4, -0.2) is 44.4 Å². The van der Waals surface area contributed by atoms with Gasteiger partial charge in [0.05, 0.1) is 29.4 Å². The second-order valence-electron chi connectivity index (χ2n) is 8.19. The molecule has 1 atom stereocenters. The number of ether oxygens (including phenoxy) is 1. The molecule has 1 unspecified atom stereocenters. The van der Waals surface area contributed by atoms with Gasteiger partial charge in [0.1, 0.15) is 5.82 Å². The van der Waals surface area contributed by atoms with Crippen LogP contribution in [0.15, 0.2) is 24.3 Å². The summed E-state index contributed by atoms with van der Waals surface area (Å²) in [6.45, 7) is 9.58. The van der Waals surface area contributed by atoms with Gasteiger partial charge in [-0.25, -0.2) is 9.67 Å². The van der Waals surface area contributed by atoms with Crippen LogP contribution in [-0.2, 0) is 13.6 Å². The number of hydrogen-bond acceptors (Lipinski definition) is 4. The highest BCUT2D eigenvalue weighted by atomic mass is 16.5. The van der Waals surface area contributed by atoms with Gasteiger partial charge in [0.15, 0.2) is 0 Å². The van der Waals surface area contributed by atoms with E-state index in [1.54, 1.807) is 7.11 Å². The van der Waals surface area contributed by atoms with Crippen molar-refractivity contribution in [3.63, 3.8) is 0 Å². The summed E-state index contributed by atoms with van der Waals surface area (Å²) in [7, 11) is 3.67. The molecule has 1 aliphatic heterocycles. The highest BCUT2D eigenvalue weighted by molar-refractivity contribution is 5.76. The fraction of sp³-hybridized carbons (Fsp3) is 0.545. The molecule has 0 saturated carbocycles. The van der Waals surface area contributed by atoms with E-state index in [-0.39, 0.29) is 0 Å². The first-order valence-electron chi connectivity index (χ1n) is 10.2. The average Bonchev–Trinajstić information content (AvgIpc) is 3.19. The zero-order valence-corrected chi connectivity index (χ0v) is 17.6. The summed E-state index contributed by atoms with van der Waals surface area (Å²) >= 11 is 0. The molecule has 4 rings (SSSR count). The third kappa shape index (κ3) is 3.30. The minimum absolute atomic E-state index is 0.401. The molecule has 1 saturated heterocycles. The van der Waals surface area contributed by atoms with E-state index in [2.05, 4.69) is 59.6 Å². The summed E-state index contributed by atoms with van der Waals surface area (Å²) in [5.41, 5.74) is 4.60. The molecule has 0 amide bonds. The molecule has 6 nitrogen and oxygen atoms in total. The Bertz CT molecular complexity index is 971. The maximum absolute atomic E-state index is 5.60. The Kier molecular flexibility index (Phi) is 5.15. The molecule has 1 aromatic carbocycles. The Morgan fingerprint density at radius 1 is 1.25 bits per heavy atom. The van der Waals surface area contributed by atoms with Crippen molar-refractivity contribution in [2.24, 2.45) is 7.05 Å². The molecule has 0 aliphatic carbocycles. The van der Waals surface area contributed by atoms with Gasteiger partial charge in [-0.2, -0.15) is 5.10 Å². The molecule has 2 aromatic heterocycles. The second-order valence-corrected chi connectivity index (χ2v) is 8.19. The molecule has 6 heteroatoms. The first kappa shape index (κ1) is 19.0. The Morgan fingerprint density at radius 3 is 2.79 bits per heavy atom. The average molecular weight is 382 g/mol. The van der Waals surface area contributed by atoms with Crippen LogP contribution < -0.4 is 4.74 Å². The van der Waals surface area contributed by atoms with E-state index in [0.717, 1.165) is 36.7 Å². The van der Waals surface area contributed by atoms with Crippen molar-refractivity contribution in [1.29, 1.82) is 0 Å². The van der Waals surface area contributed by atoms with Gasteiger partial charge in [-0.1, -0.05) is 12.1 Å². The first-order chi connectivity index (χ1) is 13.5. The van der Waals surface area contributed by atoms with Crippen LogP contribution in [0.25, 0.3) is 11.0 Å². The number of methoxy groups -OCH3 is 1. The minimum atomic E-state index is 0.401. The smallest absolute Gasteiger partial charge is 0.216 e. The summed E-state index contributed by atoms with van der Waals surface area (Å²) in [4.78, 5) is 7.58. The van der Waals surface area contributed by atoms with Gasteiger partial charge in [-0.3, -0.25) is 4.90 Å². The summed E-state index contributed by atoms with van der Waals surface area (Å²) in [6, 6.07) is 8.91. The number of benzene rings is 1. The van der Waals surface area contributed by atoms with Crippen molar-refractivity contribution in [2.75, 3.05) is 20.2 Å². The largest absolute Gasteiger partial charge is 0.481 e. The molecule has 3 aromatic rings. The van der Waals surface area contributed by atoms with E-state index >= 15 is 0 Å². The van der Waals surface area contributed by atoms with Gasteiger partial charge in [-0.05, 0) is 52.3 Å². The summed E-state index contributed by atoms with van der Waals surface area (Å²) in [6.07, 6.45) is 2.38. The van der Waals surface area contributed by atoms with Crippen molar-refractivity contribution in [3.8, 4) is 5.88 Å². The quantitative estimate of drug-likeness (QED) is 0.669. The molecule has 0 bridgehead atoms. The van der Waals surface area contributed by atoms with E-state index in [1.165, 1.54) is 29.7 Å². The van der Waals surface area contributed by atoms with Gasteiger partial charge in [0.2, 0.25) is 5.88 Å². The molecule has 1 aliphatic rings. The SMILES string of the molecule is COc1c(CN2CCCC(c3nc4ccccc4n3C(C)C)C2)c(C)nn1C. The number of rotatable bonds is 5. The van der Waals surface area contributed by atoms with Gasteiger partial charge < -0.3 is 9.30 Å². The summed E-state index contributed by atoms with van der Waals surface area (Å²) < 4.78 is 9.87. The van der Waals surface area contributed by atoms with E-state index in [9.17, 15) is 0 Å². The maximum atomic E-state index is 5.60. The summed E-state index contributed by atoms with van der Waals surface area (Å²) in [5, 5.41) is 4.54. The van der Waals surface area contributed by atoms with Crippen LogP contribution in [0.3, 0.4) is 0 Å². The molecule has 1 fully saturated rings. The molecular weight excluding hydrogens is 350 g/mol. The fourth-order valence-corrected chi connectivity index (χ4v) is 4.65. The number of hydrogen-bond donors (Lipinski definition) is 0. The normalized spacial score (nSPS) is 18.3. The standard InChI is InChI=1S/C22H31N5O/c1-15(2)27-20-11-7-6-10-19(20)23-21(27)17-9-8-12-26(13-17)14-18-16(3)24-25(4)22(18)28-5/h6-7,10-11,15,17H,8-9,12-14H2,1-5H3. The predicted molar refractivity (Wildman–Crippen MR) is 112 cm³/mol. The minimum Gasteiger partial charge on any atom is -0.481 e. The lowest BCUT2D eigenvalue weighted by atomic mass is 9.96. The monoisotopic (exact) mass is 381 g/mol. The number of para-hydroxylation sites is 2. The first-order valence-corrected chi connectivity index (χ1v) is 10.2. The van der Waals surface area contributed by atoms with Crippen LogP contribution in [0.5, 0.6) is 5.88 Å². The lowest BCUT2D eigenvalue weighted by molar-refractivity contribution is 0.191. The van der Waals surface area contributed by atoms with Crippen LogP contribution in [0.1, 0.15) is 55.7 Å². The van der Waals surface area contributed by atoms with Crippen molar-refractivity contribution in [3.05, 3.63) is 41.3 Å². The fourth-order valence-electron chi connectivity index (χ4n) is 4.65. The van der Waals surface area contributed by atoms with Gasteiger partial charge >= 0.3 is 0 Å².